The third kappa shape index (κ3) is 6.31. The highest BCUT2D eigenvalue weighted by atomic mass is 16.5. The van der Waals surface area contributed by atoms with Gasteiger partial charge in [-0.15, -0.1) is 0 Å². The molecule has 0 aliphatic heterocycles. The van der Waals surface area contributed by atoms with Crippen molar-refractivity contribution < 1.29 is 33.3 Å². The molecule has 1 N–H and O–H groups in total. The van der Waals surface area contributed by atoms with E-state index in [0.717, 1.165) is 5.56 Å². The summed E-state index contributed by atoms with van der Waals surface area (Å²) in [6.07, 6.45) is 0.585. The van der Waals surface area contributed by atoms with Crippen LogP contribution in [0.3, 0.4) is 0 Å². The maximum atomic E-state index is 12.1. The molecule has 0 saturated heterocycles. The molecule has 0 spiro atoms. The van der Waals surface area contributed by atoms with Crippen molar-refractivity contribution >= 4 is 17.6 Å². The van der Waals surface area contributed by atoms with Crippen molar-refractivity contribution in [2.24, 2.45) is 0 Å². The molecule has 0 aliphatic rings. The number of rotatable bonds is 10. The molecular weight excluding hydrogens is 378 g/mol. The van der Waals surface area contributed by atoms with Crippen LogP contribution in [0.4, 0.5) is 5.69 Å². The topological polar surface area (TPSA) is 92.3 Å². The molecule has 29 heavy (non-hydrogen) atoms. The van der Waals surface area contributed by atoms with Gasteiger partial charge in [0.25, 0.3) is 5.91 Å². The molecule has 0 atom stereocenters. The van der Waals surface area contributed by atoms with Gasteiger partial charge >= 0.3 is 5.97 Å². The summed E-state index contributed by atoms with van der Waals surface area (Å²) < 4.78 is 25.8. The summed E-state index contributed by atoms with van der Waals surface area (Å²) in [5.74, 6) is 1.30. The molecule has 1 amide bonds. The predicted octanol–water partition coefficient (Wildman–Crippen LogP) is 2.84. The van der Waals surface area contributed by atoms with Gasteiger partial charge in [-0.25, -0.2) is 0 Å². The molecular formula is C21H25NO7. The van der Waals surface area contributed by atoms with Crippen molar-refractivity contribution in [3.8, 4) is 23.0 Å². The maximum absolute atomic E-state index is 12.1. The highest BCUT2D eigenvalue weighted by Crippen LogP contribution is 2.29. The summed E-state index contributed by atoms with van der Waals surface area (Å²) in [6, 6.07) is 10.4. The van der Waals surface area contributed by atoms with Crippen LogP contribution in [0.15, 0.2) is 36.4 Å². The Morgan fingerprint density at radius 2 is 1.55 bits per heavy atom. The monoisotopic (exact) mass is 403 g/mol. The molecule has 0 aliphatic carbocycles. The smallest absolute Gasteiger partial charge is 0.306 e. The molecule has 2 aromatic carbocycles. The fourth-order valence-corrected chi connectivity index (χ4v) is 2.59. The third-order valence-electron chi connectivity index (χ3n) is 4.11. The molecule has 0 radical (unpaired) electrons. The summed E-state index contributed by atoms with van der Waals surface area (Å²) in [7, 11) is 6.13. The van der Waals surface area contributed by atoms with Crippen molar-refractivity contribution in [3.05, 3.63) is 42.0 Å². The second-order valence-electron chi connectivity index (χ2n) is 5.96. The number of anilines is 1. The highest BCUT2D eigenvalue weighted by molar-refractivity contribution is 5.94. The Labute approximate surface area is 169 Å². The molecule has 156 valence electrons. The number of hydrogen-bond acceptors (Lipinski definition) is 7. The minimum Gasteiger partial charge on any atom is -0.497 e. The fourth-order valence-electron chi connectivity index (χ4n) is 2.59. The van der Waals surface area contributed by atoms with E-state index in [2.05, 4.69) is 5.32 Å². The average Bonchev–Trinajstić information content (AvgIpc) is 2.76. The molecule has 2 rings (SSSR count). The summed E-state index contributed by atoms with van der Waals surface area (Å²) >= 11 is 0. The second-order valence-corrected chi connectivity index (χ2v) is 5.96. The Morgan fingerprint density at radius 3 is 2.21 bits per heavy atom. The second kappa shape index (κ2) is 10.8. The predicted molar refractivity (Wildman–Crippen MR) is 107 cm³/mol. The van der Waals surface area contributed by atoms with Crippen LogP contribution in [0.25, 0.3) is 0 Å². The van der Waals surface area contributed by atoms with Gasteiger partial charge in [-0.1, -0.05) is 6.07 Å². The molecule has 0 unspecified atom stereocenters. The quantitative estimate of drug-likeness (QED) is 0.610. The first kappa shape index (κ1) is 21.9. The Balaban J connectivity index is 1.82. The van der Waals surface area contributed by atoms with Crippen LogP contribution in [0.2, 0.25) is 0 Å². The van der Waals surface area contributed by atoms with Crippen molar-refractivity contribution in [2.75, 3.05) is 40.4 Å². The molecule has 0 fully saturated rings. The van der Waals surface area contributed by atoms with E-state index in [0.29, 0.717) is 35.1 Å². The van der Waals surface area contributed by atoms with Crippen LogP contribution in [0, 0.1) is 0 Å². The lowest BCUT2D eigenvalue weighted by Gasteiger charge is -2.12. The number of aryl methyl sites for hydroxylation is 1. The van der Waals surface area contributed by atoms with Gasteiger partial charge in [-0.2, -0.15) is 0 Å². The fraction of sp³-hybridized carbons (Fsp3) is 0.333. The van der Waals surface area contributed by atoms with E-state index in [1.54, 1.807) is 44.6 Å². The van der Waals surface area contributed by atoms with Crippen LogP contribution < -0.4 is 24.3 Å². The minimum absolute atomic E-state index is 0.134. The van der Waals surface area contributed by atoms with Gasteiger partial charge in [0.2, 0.25) is 0 Å². The van der Waals surface area contributed by atoms with Crippen LogP contribution in [-0.2, 0) is 20.7 Å². The number of carbonyl (C=O) groups is 2. The highest BCUT2D eigenvalue weighted by Gasteiger charge is 2.12. The average molecular weight is 403 g/mol. The van der Waals surface area contributed by atoms with Crippen LogP contribution in [0.1, 0.15) is 12.0 Å². The number of methoxy groups -OCH3 is 4. The van der Waals surface area contributed by atoms with E-state index in [4.69, 9.17) is 23.7 Å². The van der Waals surface area contributed by atoms with Gasteiger partial charge < -0.3 is 29.0 Å². The summed E-state index contributed by atoms with van der Waals surface area (Å²) in [5, 5.41) is 2.64. The number of amides is 1. The Morgan fingerprint density at radius 1 is 0.828 bits per heavy atom. The van der Waals surface area contributed by atoms with Crippen molar-refractivity contribution in [1.82, 2.24) is 0 Å². The van der Waals surface area contributed by atoms with Gasteiger partial charge in [0.05, 0.1) is 34.1 Å². The van der Waals surface area contributed by atoms with Crippen LogP contribution in [0.5, 0.6) is 23.0 Å². The number of carbonyl (C=O) groups excluding carboxylic acids is 2. The van der Waals surface area contributed by atoms with E-state index in [1.165, 1.54) is 14.2 Å². The molecule has 0 bridgehead atoms. The molecule has 0 heterocycles. The van der Waals surface area contributed by atoms with E-state index in [-0.39, 0.29) is 13.0 Å². The molecule has 2 aromatic rings. The summed E-state index contributed by atoms with van der Waals surface area (Å²) in [6.45, 7) is -0.389. The first-order valence-corrected chi connectivity index (χ1v) is 8.89. The lowest BCUT2D eigenvalue weighted by molar-refractivity contribution is -0.147. The van der Waals surface area contributed by atoms with E-state index in [1.807, 2.05) is 6.07 Å². The normalized spacial score (nSPS) is 10.1. The SMILES string of the molecule is COc1ccc(NC(=O)COC(=O)CCc2ccc(OC)c(OC)c2)c(OC)c1. The number of hydrogen-bond donors (Lipinski definition) is 1. The van der Waals surface area contributed by atoms with Gasteiger partial charge in [0, 0.05) is 12.5 Å². The van der Waals surface area contributed by atoms with E-state index >= 15 is 0 Å². The Kier molecular flexibility index (Phi) is 8.14. The lowest BCUT2D eigenvalue weighted by atomic mass is 10.1. The summed E-state index contributed by atoms with van der Waals surface area (Å²) in [5.41, 5.74) is 1.35. The molecule has 8 heteroatoms. The van der Waals surface area contributed by atoms with E-state index in [9.17, 15) is 9.59 Å². The zero-order chi connectivity index (χ0) is 21.2. The maximum Gasteiger partial charge on any atom is 0.306 e. The third-order valence-corrected chi connectivity index (χ3v) is 4.11. The zero-order valence-electron chi connectivity index (χ0n) is 16.9. The summed E-state index contributed by atoms with van der Waals surface area (Å²) in [4.78, 5) is 24.0. The number of esters is 1. The lowest BCUT2D eigenvalue weighted by Crippen LogP contribution is -2.21. The van der Waals surface area contributed by atoms with Crippen LogP contribution >= 0.6 is 0 Å². The number of ether oxygens (including phenoxy) is 5. The minimum atomic E-state index is -0.475. The molecule has 0 aromatic heterocycles. The van der Waals surface area contributed by atoms with Gasteiger partial charge in [0.1, 0.15) is 11.5 Å². The zero-order valence-corrected chi connectivity index (χ0v) is 16.9. The number of nitrogens with one attached hydrogen (secondary N) is 1. The van der Waals surface area contributed by atoms with E-state index < -0.39 is 11.9 Å². The van der Waals surface area contributed by atoms with Crippen LogP contribution in [-0.4, -0.2) is 46.9 Å². The molecule has 8 nitrogen and oxygen atoms in total. The van der Waals surface area contributed by atoms with Crippen molar-refractivity contribution in [3.63, 3.8) is 0 Å². The standard InChI is InChI=1S/C21H25NO7/c1-25-15-7-8-16(18(12-15)27-3)22-20(23)13-29-21(24)10-6-14-5-9-17(26-2)19(11-14)28-4/h5,7-9,11-12H,6,10,13H2,1-4H3,(H,22,23). The van der Waals surface area contributed by atoms with Crippen molar-refractivity contribution in [2.45, 2.75) is 12.8 Å². The van der Waals surface area contributed by atoms with Gasteiger partial charge in [-0.05, 0) is 36.2 Å². The van der Waals surface area contributed by atoms with Crippen molar-refractivity contribution in [1.29, 1.82) is 0 Å². The molecule has 0 saturated carbocycles. The number of benzene rings is 2. The Bertz CT molecular complexity index is 851. The largest absolute Gasteiger partial charge is 0.497 e. The first-order chi connectivity index (χ1) is 14.0. The first-order valence-electron chi connectivity index (χ1n) is 8.89. The van der Waals surface area contributed by atoms with Gasteiger partial charge in [0.15, 0.2) is 18.1 Å². The van der Waals surface area contributed by atoms with Gasteiger partial charge in [-0.3, -0.25) is 9.59 Å². The Hall–Kier alpha value is -3.42.